The second kappa shape index (κ2) is 8.84. The monoisotopic (exact) mass is 351 g/mol. The number of carbonyl (C=O) groups excluding carboxylic acids is 3. The van der Waals surface area contributed by atoms with Gasteiger partial charge in [0.2, 0.25) is 11.8 Å². The maximum absolute atomic E-state index is 12.3. The number of carbonyl (C=O) groups is 3. The summed E-state index contributed by atoms with van der Waals surface area (Å²) in [5, 5.41) is 8.39. The fourth-order valence-corrected chi connectivity index (χ4v) is 3.24. The molecule has 1 aromatic carbocycles. The van der Waals surface area contributed by atoms with Crippen molar-refractivity contribution in [2.24, 2.45) is 0 Å². The van der Waals surface area contributed by atoms with Crippen LogP contribution in [0.4, 0.5) is 5.69 Å². The normalized spacial score (nSPS) is 17.4. The van der Waals surface area contributed by atoms with Crippen molar-refractivity contribution < 1.29 is 24.2 Å². The molecule has 1 heterocycles. The third-order valence-corrected chi connectivity index (χ3v) is 4.80. The summed E-state index contributed by atoms with van der Waals surface area (Å²) in [7, 11) is 0. The Morgan fingerprint density at radius 2 is 2.04 bits per heavy atom. The molecule has 0 bridgehead atoms. The van der Waals surface area contributed by atoms with Gasteiger partial charge in [0.15, 0.2) is 0 Å². The zero-order valence-corrected chi connectivity index (χ0v) is 14.4. The molecule has 2 rings (SSSR count). The van der Waals surface area contributed by atoms with E-state index in [2.05, 4.69) is 0 Å². The number of aliphatic hydroxyl groups is 1. The maximum atomic E-state index is 12.3. The summed E-state index contributed by atoms with van der Waals surface area (Å²) in [5.74, 6) is -0.545. The van der Waals surface area contributed by atoms with Gasteiger partial charge in [-0.3, -0.25) is 9.59 Å². The summed E-state index contributed by atoms with van der Waals surface area (Å²) in [6.07, 6.45) is 1.89. The Balaban J connectivity index is 2.03. The highest BCUT2D eigenvalue weighted by Gasteiger charge is 2.39. The van der Waals surface area contributed by atoms with Crippen LogP contribution >= 0.6 is 11.8 Å². The van der Waals surface area contributed by atoms with E-state index >= 15 is 0 Å². The molecule has 1 aromatic rings. The molecule has 1 saturated heterocycles. The van der Waals surface area contributed by atoms with E-state index in [-0.39, 0.29) is 24.8 Å². The molecular weight excluding hydrogens is 330 g/mol. The quantitative estimate of drug-likeness (QED) is 0.438. The van der Waals surface area contributed by atoms with E-state index in [4.69, 9.17) is 9.84 Å². The summed E-state index contributed by atoms with van der Waals surface area (Å²) >= 11 is 1.28. The molecule has 1 atom stereocenters. The zero-order chi connectivity index (χ0) is 17.5. The number of rotatable bonds is 8. The molecule has 1 aliphatic rings. The summed E-state index contributed by atoms with van der Waals surface area (Å²) in [4.78, 5) is 37.4. The van der Waals surface area contributed by atoms with Crippen LogP contribution in [0.5, 0.6) is 0 Å². The molecule has 6 nitrogen and oxygen atoms in total. The predicted octanol–water partition coefficient (Wildman–Crippen LogP) is 2.00. The molecule has 7 heteroatoms. The van der Waals surface area contributed by atoms with Crippen LogP contribution in [0.25, 0.3) is 0 Å². The van der Waals surface area contributed by atoms with Crippen molar-refractivity contribution in [3.63, 3.8) is 0 Å². The lowest BCUT2D eigenvalue weighted by Crippen LogP contribution is -2.31. The van der Waals surface area contributed by atoms with Crippen LogP contribution in [0.15, 0.2) is 24.3 Å². The van der Waals surface area contributed by atoms with Crippen LogP contribution in [0, 0.1) is 0 Å². The number of benzene rings is 1. The van der Waals surface area contributed by atoms with Crippen LogP contribution in [-0.2, 0) is 14.3 Å². The van der Waals surface area contributed by atoms with Crippen molar-refractivity contribution in [1.82, 2.24) is 0 Å². The van der Waals surface area contributed by atoms with Gasteiger partial charge in [0.1, 0.15) is 0 Å². The van der Waals surface area contributed by atoms with Crippen LogP contribution in [0.1, 0.15) is 36.5 Å². The van der Waals surface area contributed by atoms with Gasteiger partial charge < -0.3 is 9.84 Å². The minimum Gasteiger partial charge on any atom is -0.462 e. The molecule has 0 saturated carbocycles. The van der Waals surface area contributed by atoms with Gasteiger partial charge in [-0.2, -0.15) is 0 Å². The van der Waals surface area contributed by atoms with Gasteiger partial charge in [0.25, 0.3) is 0 Å². The Hall–Kier alpha value is -1.86. The molecule has 0 aromatic heterocycles. The number of imide groups is 1. The lowest BCUT2D eigenvalue weighted by molar-refractivity contribution is -0.121. The first-order chi connectivity index (χ1) is 11.6. The molecule has 130 valence electrons. The standard InChI is InChI=1S/C17H21NO5S/c1-2-3-9-23-17(22)12-4-6-13(7-5-12)18-15(20)11-14(16(18)21)24-10-8-19/h4-7,14,19H,2-3,8-11H2,1H3/t14-/m0/s1. The van der Waals surface area contributed by atoms with E-state index in [9.17, 15) is 14.4 Å². The first kappa shape index (κ1) is 18.5. The van der Waals surface area contributed by atoms with E-state index in [1.807, 2.05) is 6.92 Å². The van der Waals surface area contributed by atoms with Crippen LogP contribution < -0.4 is 4.90 Å². The number of aliphatic hydroxyl groups excluding tert-OH is 1. The fourth-order valence-electron chi connectivity index (χ4n) is 2.34. The van der Waals surface area contributed by atoms with Gasteiger partial charge in [-0.1, -0.05) is 13.3 Å². The van der Waals surface area contributed by atoms with Gasteiger partial charge in [-0.05, 0) is 30.7 Å². The summed E-state index contributed by atoms with van der Waals surface area (Å²) in [5.41, 5.74) is 0.836. The number of ether oxygens (including phenoxy) is 1. The number of hydrogen-bond donors (Lipinski definition) is 1. The number of amides is 2. The lowest BCUT2D eigenvalue weighted by atomic mass is 10.2. The molecule has 2 amide bonds. The molecular formula is C17H21NO5S. The number of nitrogens with zero attached hydrogens (tertiary/aromatic N) is 1. The highest BCUT2D eigenvalue weighted by atomic mass is 32.2. The van der Waals surface area contributed by atoms with E-state index < -0.39 is 11.2 Å². The Morgan fingerprint density at radius 3 is 2.67 bits per heavy atom. The molecule has 0 radical (unpaired) electrons. The molecule has 1 aliphatic heterocycles. The largest absolute Gasteiger partial charge is 0.462 e. The Morgan fingerprint density at radius 1 is 1.33 bits per heavy atom. The van der Waals surface area contributed by atoms with E-state index in [0.717, 1.165) is 17.7 Å². The van der Waals surface area contributed by atoms with Gasteiger partial charge in [0, 0.05) is 12.2 Å². The minimum atomic E-state index is -0.455. The number of esters is 1. The summed E-state index contributed by atoms with van der Waals surface area (Å²) < 4.78 is 5.12. The molecule has 0 unspecified atom stereocenters. The van der Waals surface area contributed by atoms with Crippen LogP contribution in [0.2, 0.25) is 0 Å². The van der Waals surface area contributed by atoms with Crippen molar-refractivity contribution in [2.45, 2.75) is 31.4 Å². The Labute approximate surface area is 145 Å². The van der Waals surface area contributed by atoms with E-state index in [1.165, 1.54) is 11.8 Å². The highest BCUT2D eigenvalue weighted by Crippen LogP contribution is 2.29. The van der Waals surface area contributed by atoms with Gasteiger partial charge in [0.05, 0.1) is 29.7 Å². The van der Waals surface area contributed by atoms with Gasteiger partial charge >= 0.3 is 5.97 Å². The topological polar surface area (TPSA) is 83.9 Å². The number of anilines is 1. The average molecular weight is 351 g/mol. The molecule has 1 N–H and O–H groups in total. The predicted molar refractivity (Wildman–Crippen MR) is 92.1 cm³/mol. The average Bonchev–Trinajstić information content (AvgIpc) is 2.87. The smallest absolute Gasteiger partial charge is 0.338 e. The number of thioether (sulfide) groups is 1. The van der Waals surface area contributed by atoms with E-state index in [1.54, 1.807) is 24.3 Å². The Kier molecular flexibility index (Phi) is 6.81. The third kappa shape index (κ3) is 4.36. The van der Waals surface area contributed by atoms with Crippen LogP contribution in [0.3, 0.4) is 0 Å². The lowest BCUT2D eigenvalue weighted by Gasteiger charge is -2.15. The second-order valence-corrected chi connectivity index (χ2v) is 6.70. The first-order valence-corrected chi connectivity index (χ1v) is 8.99. The van der Waals surface area contributed by atoms with Gasteiger partial charge in [-0.15, -0.1) is 11.8 Å². The first-order valence-electron chi connectivity index (χ1n) is 7.95. The molecule has 1 fully saturated rings. The van der Waals surface area contributed by atoms with Crippen molar-refractivity contribution >= 4 is 35.2 Å². The molecule has 0 spiro atoms. The van der Waals surface area contributed by atoms with Gasteiger partial charge in [-0.25, -0.2) is 9.69 Å². The number of unbranched alkanes of at least 4 members (excludes halogenated alkanes) is 1. The fraction of sp³-hybridized carbons (Fsp3) is 0.471. The third-order valence-electron chi connectivity index (χ3n) is 3.61. The molecule has 24 heavy (non-hydrogen) atoms. The summed E-state index contributed by atoms with van der Waals surface area (Å²) in [6, 6.07) is 6.26. The molecule has 0 aliphatic carbocycles. The van der Waals surface area contributed by atoms with Crippen molar-refractivity contribution in [3.05, 3.63) is 29.8 Å². The van der Waals surface area contributed by atoms with Crippen molar-refractivity contribution in [1.29, 1.82) is 0 Å². The van der Waals surface area contributed by atoms with Crippen molar-refractivity contribution in [2.75, 3.05) is 23.9 Å². The zero-order valence-electron chi connectivity index (χ0n) is 13.6. The van der Waals surface area contributed by atoms with Crippen LogP contribution in [-0.4, -0.2) is 47.1 Å². The summed E-state index contributed by atoms with van der Waals surface area (Å²) in [6.45, 7) is 2.36. The van der Waals surface area contributed by atoms with E-state index in [0.29, 0.717) is 23.6 Å². The SMILES string of the molecule is CCCCOC(=O)c1ccc(N2C(=O)C[C@H](SCCO)C2=O)cc1. The Bertz CT molecular complexity index is 602. The maximum Gasteiger partial charge on any atom is 0.338 e. The van der Waals surface area contributed by atoms with Crippen molar-refractivity contribution in [3.8, 4) is 0 Å². The minimum absolute atomic E-state index is 0.0303. The second-order valence-electron chi connectivity index (χ2n) is 5.39. The highest BCUT2D eigenvalue weighted by molar-refractivity contribution is 8.00. The number of hydrogen-bond acceptors (Lipinski definition) is 6.